The first-order chi connectivity index (χ1) is 30.8. The van der Waals surface area contributed by atoms with Crippen LogP contribution in [0.4, 0.5) is 0 Å². The normalized spacial score (nSPS) is 12.3. The van der Waals surface area contributed by atoms with Crippen molar-refractivity contribution in [3.05, 3.63) is 71.8 Å². The van der Waals surface area contributed by atoms with E-state index in [-0.39, 0.29) is 55.4 Å². The number of nitrogens with two attached hydrogens (primary N) is 2. The summed E-state index contributed by atoms with van der Waals surface area (Å²) in [6.07, 6.45) is 3.48. The molecule has 4 atom stereocenters. The van der Waals surface area contributed by atoms with Gasteiger partial charge in [0.05, 0.1) is 19.6 Å². The van der Waals surface area contributed by atoms with Crippen LogP contribution in [0.1, 0.15) is 57.1 Å². The van der Waals surface area contributed by atoms with Crippen molar-refractivity contribution >= 4 is 68.8 Å². The van der Waals surface area contributed by atoms with Crippen LogP contribution in [0, 0.1) is 0 Å². The molecule has 20 nitrogen and oxygen atoms in total. The summed E-state index contributed by atoms with van der Waals surface area (Å²) >= 11 is 0. The van der Waals surface area contributed by atoms with Crippen LogP contribution in [0.3, 0.4) is 0 Å². The molecule has 4 unspecified atom stereocenters. The Kier molecular flexibility index (Phi) is 28.1. The highest BCUT2D eigenvalue weighted by molar-refractivity contribution is 8.76. The zero-order chi connectivity index (χ0) is 48.9. The molecule has 0 heterocycles. The van der Waals surface area contributed by atoms with E-state index in [9.17, 15) is 48.6 Å². The standard InChI is InChI=1S/C41H59N9O10S2.C2H6O/c1-25(2)8-17-34(53)48-33(24-62-61-4)40(59)49-32(20-27-11-15-29(52)16-12-27)39(58)45-22-36(55)46-30(7-5-6-18-42)41(60)50(3)23-37(56)44-21-35(54)47-31(38(43)57)19-26-9-13-28(51)14-10-26;1-2-3/h9-16,30-33,51-52H,1,5-8,17-24,42H2,2-4H3,(H2,43,57)(H,44,56)(H,45,58)(H,46,55)(H,47,54)(H,48,53)(H,49,59);3H,2H2,1H3. The summed E-state index contributed by atoms with van der Waals surface area (Å²) in [4.78, 5) is 105. The molecule has 22 heteroatoms. The number of allylic oxidation sites excluding steroid dienone is 1. The van der Waals surface area contributed by atoms with Crippen LogP contribution in [0.2, 0.25) is 0 Å². The summed E-state index contributed by atoms with van der Waals surface area (Å²) in [5.74, 6) is -5.15. The number of carbonyl (C=O) groups excluding carboxylic acids is 8. The Morgan fingerprint density at radius 2 is 1.22 bits per heavy atom. The maximum Gasteiger partial charge on any atom is 0.245 e. The number of hydrogen-bond donors (Lipinski definition) is 11. The molecule has 13 N–H and O–H groups in total. The number of unbranched alkanes of at least 4 members (excludes halogenated alkanes) is 1. The zero-order valence-corrected chi connectivity index (χ0v) is 39.0. The number of rotatable bonds is 28. The van der Waals surface area contributed by atoms with Gasteiger partial charge in [-0.1, -0.05) is 51.4 Å². The number of hydrogen-bond acceptors (Lipinski definition) is 14. The predicted molar refractivity (Wildman–Crippen MR) is 250 cm³/mol. The fraction of sp³-hybridized carbons (Fsp3) is 0.488. The average molecular weight is 948 g/mol. The first kappa shape index (κ1) is 57.2. The molecular formula is C43H65N9O11S2. The largest absolute Gasteiger partial charge is 0.508 e. The molecular weight excluding hydrogens is 883 g/mol. The van der Waals surface area contributed by atoms with E-state index < -0.39 is 85.2 Å². The van der Waals surface area contributed by atoms with Crippen molar-refractivity contribution in [2.75, 3.05) is 51.8 Å². The van der Waals surface area contributed by atoms with E-state index >= 15 is 0 Å². The highest BCUT2D eigenvalue weighted by atomic mass is 33.1. The lowest BCUT2D eigenvalue weighted by molar-refractivity contribution is -0.138. The van der Waals surface area contributed by atoms with Crippen LogP contribution in [0.25, 0.3) is 0 Å². The zero-order valence-electron chi connectivity index (χ0n) is 37.4. The topological polar surface area (TPSA) is 325 Å². The number of primary amides is 1. The molecule has 2 aromatic rings. The number of amides is 8. The number of nitrogens with zero attached hydrogens (tertiary/aromatic N) is 1. The number of benzene rings is 2. The molecule has 0 aromatic heterocycles. The number of phenolic OH excluding ortho intramolecular Hbond substituents is 2. The van der Waals surface area contributed by atoms with E-state index in [1.807, 2.05) is 6.26 Å². The Hall–Kier alpha value is -5.84. The number of aromatic hydroxyl groups is 2. The van der Waals surface area contributed by atoms with Gasteiger partial charge in [0.25, 0.3) is 0 Å². The first-order valence-corrected chi connectivity index (χ1v) is 23.5. The van der Waals surface area contributed by atoms with Crippen LogP contribution in [0.15, 0.2) is 60.7 Å². The molecule has 8 amide bonds. The van der Waals surface area contributed by atoms with Crippen molar-refractivity contribution in [3.63, 3.8) is 0 Å². The van der Waals surface area contributed by atoms with E-state index in [0.29, 0.717) is 36.9 Å². The third-order valence-electron chi connectivity index (χ3n) is 9.05. The van der Waals surface area contributed by atoms with Gasteiger partial charge in [-0.25, -0.2) is 0 Å². The summed E-state index contributed by atoms with van der Waals surface area (Å²) in [6.45, 7) is 6.21. The van der Waals surface area contributed by atoms with Gasteiger partial charge in [0.15, 0.2) is 0 Å². The van der Waals surface area contributed by atoms with Crippen molar-refractivity contribution < 1.29 is 53.7 Å². The smallest absolute Gasteiger partial charge is 0.245 e. The minimum atomic E-state index is -1.22. The summed E-state index contributed by atoms with van der Waals surface area (Å²) < 4.78 is 0. The average Bonchev–Trinajstić information content (AvgIpc) is 3.26. The lowest BCUT2D eigenvalue weighted by atomic mass is 10.0. The van der Waals surface area contributed by atoms with Gasteiger partial charge in [-0.2, -0.15) is 0 Å². The molecule has 0 saturated carbocycles. The highest BCUT2D eigenvalue weighted by Gasteiger charge is 2.29. The molecule has 0 bridgehead atoms. The van der Waals surface area contributed by atoms with E-state index in [1.165, 1.54) is 52.9 Å². The summed E-state index contributed by atoms with van der Waals surface area (Å²) in [7, 11) is 4.06. The SMILES string of the molecule is C=C(C)CCC(=O)NC(CSSC)C(=O)NC(Cc1ccc(O)cc1)C(=O)NCC(=O)NC(CCCCN)C(=O)N(C)CC(=O)NCC(=O)NC(Cc1ccc(O)cc1)C(N)=O.CCO. The van der Waals surface area contributed by atoms with Gasteiger partial charge in [-0.15, -0.1) is 6.58 Å². The van der Waals surface area contributed by atoms with E-state index in [1.54, 1.807) is 38.1 Å². The minimum absolute atomic E-state index is 0.00894. The Balaban J connectivity index is 0.00000684. The van der Waals surface area contributed by atoms with Gasteiger partial charge < -0.3 is 63.6 Å². The van der Waals surface area contributed by atoms with Crippen LogP contribution in [0.5, 0.6) is 11.5 Å². The lowest BCUT2D eigenvalue weighted by Crippen LogP contribution is -2.56. The highest BCUT2D eigenvalue weighted by Crippen LogP contribution is 2.19. The first-order valence-electron chi connectivity index (χ1n) is 20.8. The van der Waals surface area contributed by atoms with E-state index in [0.717, 1.165) is 10.5 Å². The Morgan fingerprint density at radius 3 is 1.72 bits per heavy atom. The predicted octanol–water partition coefficient (Wildman–Crippen LogP) is -0.507. The van der Waals surface area contributed by atoms with E-state index in [2.05, 4.69) is 38.5 Å². The fourth-order valence-corrected chi connectivity index (χ4v) is 7.00. The maximum atomic E-state index is 13.6. The second-order valence-corrected chi connectivity index (χ2v) is 17.4. The lowest BCUT2D eigenvalue weighted by Gasteiger charge is -2.25. The molecule has 0 fully saturated rings. The summed E-state index contributed by atoms with van der Waals surface area (Å²) in [6, 6.07) is 7.50. The van der Waals surface area contributed by atoms with Gasteiger partial charge in [-0.3, -0.25) is 38.4 Å². The molecule has 0 aliphatic heterocycles. The molecule has 0 saturated heterocycles. The minimum Gasteiger partial charge on any atom is -0.508 e. The van der Waals surface area contributed by atoms with Crippen LogP contribution < -0.4 is 43.4 Å². The van der Waals surface area contributed by atoms with Gasteiger partial charge in [0.2, 0.25) is 47.3 Å². The second kappa shape index (κ2) is 31.9. The quantitative estimate of drug-likeness (QED) is 0.0291. The van der Waals surface area contributed by atoms with Gasteiger partial charge in [-0.05, 0) is 87.7 Å². The monoisotopic (exact) mass is 947 g/mol. The molecule has 2 rings (SSSR count). The Labute approximate surface area is 387 Å². The summed E-state index contributed by atoms with van der Waals surface area (Å²) in [5.41, 5.74) is 13.1. The number of carbonyl (C=O) groups is 8. The number of phenols is 2. The van der Waals surface area contributed by atoms with Crippen molar-refractivity contribution in [3.8, 4) is 11.5 Å². The molecule has 360 valence electrons. The van der Waals surface area contributed by atoms with Crippen LogP contribution >= 0.6 is 21.6 Å². The molecule has 0 aliphatic carbocycles. The van der Waals surface area contributed by atoms with E-state index in [4.69, 9.17) is 16.6 Å². The third-order valence-corrected chi connectivity index (χ3v) is 10.9. The van der Waals surface area contributed by atoms with Crippen LogP contribution in [-0.2, 0) is 51.2 Å². The van der Waals surface area contributed by atoms with Crippen molar-refractivity contribution in [2.45, 2.75) is 83.0 Å². The van der Waals surface area contributed by atoms with Crippen molar-refractivity contribution in [1.82, 2.24) is 36.8 Å². The van der Waals surface area contributed by atoms with Crippen molar-refractivity contribution in [1.29, 1.82) is 0 Å². The van der Waals surface area contributed by atoms with Gasteiger partial charge in [0, 0.05) is 38.7 Å². The fourth-order valence-electron chi connectivity index (χ4n) is 5.68. The maximum absolute atomic E-state index is 13.6. The number of likely N-dealkylation sites (N-methyl/N-ethyl adjacent to an activating group) is 1. The number of aliphatic hydroxyl groups excluding tert-OH is 1. The molecule has 0 radical (unpaired) electrons. The summed E-state index contributed by atoms with van der Waals surface area (Å²) in [5, 5.41) is 42.1. The molecule has 2 aromatic carbocycles. The second-order valence-electron chi connectivity index (χ2n) is 14.8. The van der Waals surface area contributed by atoms with Crippen LogP contribution in [-0.4, -0.2) is 143 Å². The Morgan fingerprint density at radius 1 is 0.708 bits per heavy atom. The third kappa shape index (κ3) is 24.7. The van der Waals surface area contributed by atoms with Gasteiger partial charge >= 0.3 is 0 Å². The number of nitrogens with one attached hydrogen (secondary N) is 6. The molecule has 65 heavy (non-hydrogen) atoms. The number of aliphatic hydroxyl groups is 1. The Bertz CT molecular complexity index is 1870. The van der Waals surface area contributed by atoms with Gasteiger partial charge in [0.1, 0.15) is 35.7 Å². The molecule has 0 aliphatic rings. The van der Waals surface area contributed by atoms with Crippen molar-refractivity contribution in [2.24, 2.45) is 11.5 Å². The molecule has 0 spiro atoms.